The molecule has 0 radical (unpaired) electrons. The van der Waals surface area contributed by atoms with Gasteiger partial charge < -0.3 is 19.9 Å². The highest BCUT2D eigenvalue weighted by molar-refractivity contribution is 6.30. The molecule has 1 aliphatic rings. The molecule has 0 amide bonds. The average molecular weight is 444 g/mol. The Morgan fingerprint density at radius 2 is 1.87 bits per heavy atom. The van der Waals surface area contributed by atoms with Crippen LogP contribution in [0.4, 0.5) is 0 Å². The van der Waals surface area contributed by atoms with E-state index >= 15 is 0 Å². The molecule has 0 saturated carbocycles. The SMILES string of the molecule is O=C(O)C(c1c[nH]c2cc(CO)ccc12)N1CCN(CCOc2ccc(Cl)cc2)CC1. The van der Waals surface area contributed by atoms with Gasteiger partial charge in [0.2, 0.25) is 0 Å². The van der Waals surface area contributed by atoms with Crippen LogP contribution in [0.15, 0.2) is 48.7 Å². The van der Waals surface area contributed by atoms with Gasteiger partial charge in [-0.05, 0) is 35.9 Å². The van der Waals surface area contributed by atoms with Crippen molar-refractivity contribution in [2.75, 3.05) is 39.3 Å². The molecule has 2 aromatic carbocycles. The van der Waals surface area contributed by atoms with Crippen molar-refractivity contribution in [1.29, 1.82) is 0 Å². The number of carbonyl (C=O) groups is 1. The van der Waals surface area contributed by atoms with Crippen LogP contribution in [0.1, 0.15) is 17.2 Å². The van der Waals surface area contributed by atoms with Gasteiger partial charge in [-0.3, -0.25) is 14.6 Å². The summed E-state index contributed by atoms with van der Waals surface area (Å²) in [7, 11) is 0. The van der Waals surface area contributed by atoms with Crippen LogP contribution < -0.4 is 4.74 Å². The lowest BCUT2D eigenvalue weighted by Crippen LogP contribution is -2.50. The molecule has 1 aliphatic heterocycles. The zero-order valence-electron chi connectivity index (χ0n) is 17.1. The van der Waals surface area contributed by atoms with Gasteiger partial charge in [-0.15, -0.1) is 0 Å². The van der Waals surface area contributed by atoms with Crippen LogP contribution in [0, 0.1) is 0 Å². The van der Waals surface area contributed by atoms with Crippen molar-refractivity contribution in [3.05, 3.63) is 64.8 Å². The number of ether oxygens (including phenoxy) is 1. The third-order valence-corrected chi connectivity index (χ3v) is 6.00. The first-order valence-electron chi connectivity index (χ1n) is 10.3. The Bertz CT molecular complexity index is 1030. The van der Waals surface area contributed by atoms with Crippen LogP contribution in [-0.2, 0) is 11.4 Å². The number of piperazine rings is 1. The number of carboxylic acid groups (broad SMARTS) is 1. The zero-order chi connectivity index (χ0) is 21.8. The molecule has 164 valence electrons. The molecular formula is C23H26ClN3O4. The average Bonchev–Trinajstić information content (AvgIpc) is 3.19. The van der Waals surface area contributed by atoms with Gasteiger partial charge in [0, 0.05) is 60.4 Å². The van der Waals surface area contributed by atoms with Crippen LogP contribution in [0.5, 0.6) is 5.75 Å². The van der Waals surface area contributed by atoms with Crippen LogP contribution >= 0.6 is 11.6 Å². The number of aromatic amines is 1. The molecule has 3 N–H and O–H groups in total. The lowest BCUT2D eigenvalue weighted by molar-refractivity contribution is -0.144. The first kappa shape index (κ1) is 21.6. The molecule has 3 aromatic rings. The summed E-state index contributed by atoms with van der Waals surface area (Å²) in [5.74, 6) is -0.0654. The largest absolute Gasteiger partial charge is 0.492 e. The summed E-state index contributed by atoms with van der Waals surface area (Å²) in [4.78, 5) is 19.6. The zero-order valence-corrected chi connectivity index (χ0v) is 17.9. The summed E-state index contributed by atoms with van der Waals surface area (Å²) < 4.78 is 5.77. The number of aliphatic carboxylic acids is 1. The van der Waals surface area contributed by atoms with Gasteiger partial charge in [0.05, 0.1) is 6.61 Å². The molecule has 1 unspecified atom stereocenters. The first-order valence-corrected chi connectivity index (χ1v) is 10.7. The van der Waals surface area contributed by atoms with E-state index in [0.29, 0.717) is 24.7 Å². The van der Waals surface area contributed by atoms with Gasteiger partial charge in [0.15, 0.2) is 0 Å². The van der Waals surface area contributed by atoms with E-state index in [0.717, 1.165) is 47.4 Å². The van der Waals surface area contributed by atoms with Gasteiger partial charge in [-0.25, -0.2) is 0 Å². The summed E-state index contributed by atoms with van der Waals surface area (Å²) in [6.45, 7) is 4.20. The van der Waals surface area contributed by atoms with Crippen LogP contribution in [0.25, 0.3) is 10.9 Å². The molecule has 7 nitrogen and oxygen atoms in total. The molecule has 0 spiro atoms. The fraction of sp³-hybridized carbons (Fsp3) is 0.348. The van der Waals surface area contributed by atoms with Crippen molar-refractivity contribution in [1.82, 2.24) is 14.8 Å². The number of benzene rings is 2. The minimum Gasteiger partial charge on any atom is -0.492 e. The molecule has 2 heterocycles. The Labute approximate surface area is 185 Å². The standard InChI is InChI=1S/C23H26ClN3O4/c24-17-2-4-18(5-3-17)31-12-11-26-7-9-27(10-8-26)22(23(29)30)20-14-25-21-13-16(15-28)1-6-19(20)21/h1-6,13-14,22,25,28H,7-12,15H2,(H,29,30). The Balaban J connectivity index is 1.36. The Morgan fingerprint density at radius 1 is 1.13 bits per heavy atom. The second kappa shape index (κ2) is 9.70. The van der Waals surface area contributed by atoms with E-state index < -0.39 is 12.0 Å². The quantitative estimate of drug-likeness (QED) is 0.495. The molecule has 1 aromatic heterocycles. The molecule has 0 aliphatic carbocycles. The maximum atomic E-state index is 12.2. The molecule has 0 bridgehead atoms. The minimum atomic E-state index is -0.855. The fourth-order valence-corrected chi connectivity index (χ4v) is 4.20. The Hall–Kier alpha value is -2.58. The lowest BCUT2D eigenvalue weighted by atomic mass is 10.0. The number of nitrogens with one attached hydrogen (secondary N) is 1. The molecule has 1 fully saturated rings. The van der Waals surface area contributed by atoms with Crippen molar-refractivity contribution in [3.63, 3.8) is 0 Å². The van der Waals surface area contributed by atoms with Gasteiger partial charge in [0.1, 0.15) is 18.4 Å². The van der Waals surface area contributed by atoms with Crippen molar-refractivity contribution < 1.29 is 19.7 Å². The molecular weight excluding hydrogens is 418 g/mol. The number of fused-ring (bicyclic) bond motifs is 1. The first-order chi connectivity index (χ1) is 15.0. The number of halogens is 1. The Kier molecular flexibility index (Phi) is 6.77. The molecule has 8 heteroatoms. The lowest BCUT2D eigenvalue weighted by Gasteiger charge is -2.37. The number of H-pyrrole nitrogens is 1. The Morgan fingerprint density at radius 3 is 2.55 bits per heavy atom. The van der Waals surface area contributed by atoms with Gasteiger partial charge >= 0.3 is 5.97 Å². The summed E-state index contributed by atoms with van der Waals surface area (Å²) in [6, 6.07) is 12.2. The smallest absolute Gasteiger partial charge is 0.325 e. The van der Waals surface area contributed by atoms with Crippen molar-refractivity contribution in [3.8, 4) is 5.75 Å². The van der Waals surface area contributed by atoms with Crippen LogP contribution in [0.2, 0.25) is 5.02 Å². The van der Waals surface area contributed by atoms with Crippen molar-refractivity contribution in [2.45, 2.75) is 12.6 Å². The minimum absolute atomic E-state index is 0.0453. The number of aromatic nitrogens is 1. The summed E-state index contributed by atoms with van der Waals surface area (Å²) in [5.41, 5.74) is 2.39. The highest BCUT2D eigenvalue weighted by Gasteiger charge is 2.32. The number of rotatable bonds is 8. The van der Waals surface area contributed by atoms with E-state index in [1.54, 1.807) is 18.3 Å². The molecule has 31 heavy (non-hydrogen) atoms. The van der Waals surface area contributed by atoms with Crippen molar-refractivity contribution in [2.24, 2.45) is 0 Å². The normalized spacial score (nSPS) is 16.5. The predicted octanol–water partition coefficient (Wildman–Crippen LogP) is 3.14. The third kappa shape index (κ3) is 5.02. The van der Waals surface area contributed by atoms with E-state index in [9.17, 15) is 15.0 Å². The highest BCUT2D eigenvalue weighted by atomic mass is 35.5. The van der Waals surface area contributed by atoms with Crippen molar-refractivity contribution >= 4 is 28.5 Å². The third-order valence-electron chi connectivity index (χ3n) is 5.75. The van der Waals surface area contributed by atoms with Gasteiger partial charge in [0.25, 0.3) is 0 Å². The number of carboxylic acids is 1. The highest BCUT2D eigenvalue weighted by Crippen LogP contribution is 2.30. The number of hydrogen-bond donors (Lipinski definition) is 3. The number of aliphatic hydroxyl groups is 1. The molecule has 1 saturated heterocycles. The van der Waals surface area contributed by atoms with E-state index in [1.165, 1.54) is 0 Å². The number of nitrogens with zero attached hydrogens (tertiary/aromatic N) is 2. The van der Waals surface area contributed by atoms with E-state index in [4.69, 9.17) is 16.3 Å². The van der Waals surface area contributed by atoms with Crippen LogP contribution in [0.3, 0.4) is 0 Å². The topological polar surface area (TPSA) is 89.0 Å². The maximum Gasteiger partial charge on any atom is 0.325 e. The molecule has 4 rings (SSSR count). The van der Waals surface area contributed by atoms with Gasteiger partial charge in [-0.2, -0.15) is 0 Å². The second-order valence-corrected chi connectivity index (χ2v) is 8.14. The van der Waals surface area contributed by atoms with Gasteiger partial charge in [-0.1, -0.05) is 23.7 Å². The molecule has 1 atom stereocenters. The summed E-state index contributed by atoms with van der Waals surface area (Å²) in [5, 5.41) is 20.9. The summed E-state index contributed by atoms with van der Waals surface area (Å²) >= 11 is 5.89. The monoisotopic (exact) mass is 443 g/mol. The summed E-state index contributed by atoms with van der Waals surface area (Å²) in [6.07, 6.45) is 1.77. The number of aliphatic hydroxyl groups excluding tert-OH is 1. The van der Waals surface area contributed by atoms with E-state index in [-0.39, 0.29) is 6.61 Å². The number of hydrogen-bond acceptors (Lipinski definition) is 5. The van der Waals surface area contributed by atoms with Crippen LogP contribution in [-0.4, -0.2) is 70.3 Å². The predicted molar refractivity (Wildman–Crippen MR) is 120 cm³/mol. The fourth-order valence-electron chi connectivity index (χ4n) is 4.07. The van der Waals surface area contributed by atoms with E-state index in [1.807, 2.05) is 35.2 Å². The van der Waals surface area contributed by atoms with E-state index in [2.05, 4.69) is 9.88 Å². The maximum absolute atomic E-state index is 12.2. The second-order valence-electron chi connectivity index (χ2n) is 7.70.